The molecule has 0 aliphatic rings. The van der Waals surface area contributed by atoms with E-state index in [0.29, 0.717) is 11.4 Å². The maximum absolute atomic E-state index is 9.89. The summed E-state index contributed by atoms with van der Waals surface area (Å²) in [6.45, 7) is 0.00514. The zero-order valence-electron chi connectivity index (χ0n) is 17.4. The molecule has 0 aliphatic heterocycles. The number of aliphatic hydroxyl groups excluding tert-OH is 1. The summed E-state index contributed by atoms with van der Waals surface area (Å²) in [5.41, 5.74) is 4.22. The third-order valence-electron chi connectivity index (χ3n) is 5.30. The van der Waals surface area contributed by atoms with E-state index >= 15 is 0 Å². The molecule has 3 aromatic heterocycles. The lowest BCUT2D eigenvalue weighted by Gasteiger charge is -2.30. The fourth-order valence-electron chi connectivity index (χ4n) is 4.00. The van der Waals surface area contributed by atoms with Crippen molar-refractivity contribution in [2.24, 2.45) is 0 Å². The molecule has 6 nitrogen and oxygen atoms in total. The van der Waals surface area contributed by atoms with Crippen molar-refractivity contribution in [3.8, 4) is 11.9 Å². The Labute approximate surface area is 186 Å². The molecule has 1 aromatic carbocycles. The summed E-state index contributed by atoms with van der Waals surface area (Å²) in [7, 11) is 0. The third-order valence-corrected chi connectivity index (χ3v) is 5.30. The molecule has 0 saturated carbocycles. The second kappa shape index (κ2) is 10.3. The first-order chi connectivity index (χ1) is 15.8. The van der Waals surface area contributed by atoms with Crippen LogP contribution in [0, 0.1) is 11.3 Å². The van der Waals surface area contributed by atoms with E-state index in [0.717, 1.165) is 22.3 Å². The van der Waals surface area contributed by atoms with E-state index in [4.69, 9.17) is 4.74 Å². The Morgan fingerprint density at radius 1 is 0.812 bits per heavy atom. The Morgan fingerprint density at radius 2 is 1.47 bits per heavy atom. The van der Waals surface area contributed by atoms with E-state index in [2.05, 4.69) is 21.0 Å². The molecule has 1 atom stereocenters. The molecule has 0 spiro atoms. The number of nitrogens with zero attached hydrogens (tertiary/aromatic N) is 4. The van der Waals surface area contributed by atoms with Crippen molar-refractivity contribution < 1.29 is 9.84 Å². The Bertz CT molecular complexity index is 1150. The zero-order chi connectivity index (χ0) is 22.2. The summed E-state index contributed by atoms with van der Waals surface area (Å²) in [5, 5.41) is 19.2. The Balaban J connectivity index is 2.00. The van der Waals surface area contributed by atoms with Crippen molar-refractivity contribution >= 4 is 0 Å². The number of pyridine rings is 3. The second-order valence-electron chi connectivity index (χ2n) is 7.20. The normalized spacial score (nSPS) is 11.7. The van der Waals surface area contributed by atoms with E-state index in [1.807, 2.05) is 73.1 Å². The van der Waals surface area contributed by atoms with Gasteiger partial charge in [-0.1, -0.05) is 36.4 Å². The van der Waals surface area contributed by atoms with Gasteiger partial charge in [-0.05, 0) is 41.0 Å². The van der Waals surface area contributed by atoms with Gasteiger partial charge in [0.2, 0.25) is 5.88 Å². The standard InChI is InChI=1S/C26H22N4O2/c27-16-19-6-1-2-9-22(19)25(23-10-5-13-30-26(23)32-15-14-31)24(20-7-3-11-28-17-20)21-8-4-12-29-18-21/h1-13,17-18,24-25,31H,14-15H2. The minimum absolute atomic E-state index is 0.121. The molecule has 4 aromatic rings. The highest BCUT2D eigenvalue weighted by molar-refractivity contribution is 5.51. The van der Waals surface area contributed by atoms with Gasteiger partial charge in [-0.2, -0.15) is 5.26 Å². The van der Waals surface area contributed by atoms with E-state index in [-0.39, 0.29) is 25.0 Å². The fourth-order valence-corrected chi connectivity index (χ4v) is 4.00. The monoisotopic (exact) mass is 422 g/mol. The molecular formula is C26H22N4O2. The van der Waals surface area contributed by atoms with Gasteiger partial charge in [0.25, 0.3) is 0 Å². The highest BCUT2D eigenvalue weighted by Gasteiger charge is 2.32. The van der Waals surface area contributed by atoms with Gasteiger partial charge >= 0.3 is 0 Å². The van der Waals surface area contributed by atoms with Gasteiger partial charge in [-0.15, -0.1) is 0 Å². The first-order valence-corrected chi connectivity index (χ1v) is 10.3. The number of benzene rings is 1. The van der Waals surface area contributed by atoms with Crippen LogP contribution in [-0.4, -0.2) is 33.3 Å². The SMILES string of the molecule is N#Cc1ccccc1C(c1cccnc1OCCO)C(c1cccnc1)c1cccnc1. The number of hydrogen-bond donors (Lipinski definition) is 1. The average molecular weight is 422 g/mol. The molecule has 0 radical (unpaired) electrons. The first kappa shape index (κ1) is 21.2. The van der Waals surface area contributed by atoms with Gasteiger partial charge < -0.3 is 9.84 Å². The zero-order valence-corrected chi connectivity index (χ0v) is 17.4. The van der Waals surface area contributed by atoms with Crippen LogP contribution < -0.4 is 4.74 Å². The average Bonchev–Trinajstić information content (AvgIpc) is 2.87. The van der Waals surface area contributed by atoms with Gasteiger partial charge in [0.1, 0.15) is 6.61 Å². The molecule has 158 valence electrons. The van der Waals surface area contributed by atoms with Crippen LogP contribution in [0.5, 0.6) is 5.88 Å². The van der Waals surface area contributed by atoms with Gasteiger partial charge in [0.05, 0.1) is 18.2 Å². The minimum atomic E-state index is -0.304. The van der Waals surface area contributed by atoms with Gasteiger partial charge in [-0.25, -0.2) is 4.98 Å². The van der Waals surface area contributed by atoms with Gasteiger partial charge in [0.15, 0.2) is 0 Å². The predicted molar refractivity (Wildman–Crippen MR) is 120 cm³/mol. The topological polar surface area (TPSA) is 91.9 Å². The number of nitriles is 1. The summed E-state index contributed by atoms with van der Waals surface area (Å²) in [6.07, 6.45) is 8.81. The van der Waals surface area contributed by atoms with E-state index < -0.39 is 0 Å². The van der Waals surface area contributed by atoms with Crippen molar-refractivity contribution in [2.75, 3.05) is 13.2 Å². The summed E-state index contributed by atoms with van der Waals surface area (Å²) < 4.78 is 5.81. The van der Waals surface area contributed by atoms with Crippen LogP contribution >= 0.6 is 0 Å². The smallest absolute Gasteiger partial charge is 0.217 e. The molecular weight excluding hydrogens is 400 g/mol. The summed E-state index contributed by atoms with van der Waals surface area (Å²) in [4.78, 5) is 13.1. The quantitative estimate of drug-likeness (QED) is 0.460. The number of rotatable bonds is 8. The van der Waals surface area contributed by atoms with Crippen molar-refractivity contribution in [2.45, 2.75) is 11.8 Å². The fraction of sp³-hybridized carbons (Fsp3) is 0.154. The van der Waals surface area contributed by atoms with Crippen molar-refractivity contribution in [3.05, 3.63) is 119 Å². The van der Waals surface area contributed by atoms with Crippen molar-refractivity contribution in [1.82, 2.24) is 15.0 Å². The highest BCUT2D eigenvalue weighted by atomic mass is 16.5. The maximum atomic E-state index is 9.89. The van der Waals surface area contributed by atoms with E-state index in [1.54, 1.807) is 18.6 Å². The van der Waals surface area contributed by atoms with E-state index in [9.17, 15) is 10.4 Å². The largest absolute Gasteiger partial charge is 0.475 e. The van der Waals surface area contributed by atoms with Crippen LogP contribution in [-0.2, 0) is 0 Å². The molecule has 3 heterocycles. The third kappa shape index (κ3) is 4.48. The Morgan fingerprint density at radius 3 is 2.09 bits per heavy atom. The molecule has 0 saturated heterocycles. The molecule has 0 amide bonds. The lowest BCUT2D eigenvalue weighted by molar-refractivity contribution is 0.195. The molecule has 1 N–H and O–H groups in total. The molecule has 0 fully saturated rings. The molecule has 32 heavy (non-hydrogen) atoms. The minimum Gasteiger partial charge on any atom is -0.475 e. The lowest BCUT2D eigenvalue weighted by atomic mass is 9.73. The van der Waals surface area contributed by atoms with Crippen LogP contribution in [0.3, 0.4) is 0 Å². The Kier molecular flexibility index (Phi) is 6.81. The molecule has 6 heteroatoms. The van der Waals surface area contributed by atoms with Crippen LogP contribution in [0.25, 0.3) is 0 Å². The number of hydrogen-bond acceptors (Lipinski definition) is 6. The molecule has 0 aliphatic carbocycles. The van der Waals surface area contributed by atoms with Crippen LogP contribution in [0.4, 0.5) is 0 Å². The summed E-state index contributed by atoms with van der Waals surface area (Å²) in [6, 6.07) is 21.6. The summed E-state index contributed by atoms with van der Waals surface area (Å²) in [5.74, 6) is -0.0775. The summed E-state index contributed by atoms with van der Waals surface area (Å²) >= 11 is 0. The predicted octanol–water partition coefficient (Wildman–Crippen LogP) is 4.08. The molecule has 4 rings (SSSR count). The van der Waals surface area contributed by atoms with Gasteiger partial charge in [-0.3, -0.25) is 9.97 Å². The van der Waals surface area contributed by atoms with E-state index in [1.165, 1.54) is 0 Å². The number of aliphatic hydroxyl groups is 1. The number of aromatic nitrogens is 3. The number of ether oxygens (including phenoxy) is 1. The molecule has 1 unspecified atom stereocenters. The lowest BCUT2D eigenvalue weighted by Crippen LogP contribution is -2.18. The molecule has 0 bridgehead atoms. The Hall–Kier alpha value is -4.08. The van der Waals surface area contributed by atoms with Crippen LogP contribution in [0.15, 0.2) is 91.6 Å². The van der Waals surface area contributed by atoms with Crippen molar-refractivity contribution in [3.63, 3.8) is 0 Å². The van der Waals surface area contributed by atoms with Crippen molar-refractivity contribution in [1.29, 1.82) is 5.26 Å². The van der Waals surface area contributed by atoms with Gasteiger partial charge in [0, 0.05) is 48.4 Å². The first-order valence-electron chi connectivity index (χ1n) is 10.3. The highest BCUT2D eigenvalue weighted by Crippen LogP contribution is 2.45. The second-order valence-corrected chi connectivity index (χ2v) is 7.20. The maximum Gasteiger partial charge on any atom is 0.217 e. The van der Waals surface area contributed by atoms with Crippen LogP contribution in [0.2, 0.25) is 0 Å². The van der Waals surface area contributed by atoms with Crippen LogP contribution in [0.1, 0.15) is 39.7 Å².